The molecule has 1 fully saturated rings. The molecule has 0 spiro atoms. The van der Waals surface area contributed by atoms with Crippen LogP contribution in [0.2, 0.25) is 0 Å². The van der Waals surface area contributed by atoms with E-state index >= 15 is 0 Å². The fourth-order valence-corrected chi connectivity index (χ4v) is 1.98. The topological polar surface area (TPSA) is 51.4 Å². The number of rotatable bonds is 2. The summed E-state index contributed by atoms with van der Waals surface area (Å²) in [5.41, 5.74) is 0. The average molecular weight is 243 g/mol. The second kappa shape index (κ2) is 10.9. The van der Waals surface area contributed by atoms with Gasteiger partial charge in [-0.15, -0.1) is 0 Å². The summed E-state index contributed by atoms with van der Waals surface area (Å²) in [6.45, 7) is 11.8. The van der Waals surface area contributed by atoms with Crippen LogP contribution in [0.4, 0.5) is 0 Å². The lowest BCUT2D eigenvalue weighted by Crippen LogP contribution is -2.43. The predicted molar refractivity (Wildman–Crippen MR) is 73.1 cm³/mol. The first kappa shape index (κ1) is 14.9. The van der Waals surface area contributed by atoms with Crippen LogP contribution in [-0.4, -0.2) is 64.1 Å². The molecule has 0 aromatic heterocycles. The second-order valence-corrected chi connectivity index (χ2v) is 4.56. The van der Waals surface area contributed by atoms with E-state index in [1.165, 1.54) is 19.4 Å². The summed E-state index contributed by atoms with van der Waals surface area (Å²) in [6.07, 6.45) is 2.44. The molecule has 4 N–H and O–H groups in total. The van der Waals surface area contributed by atoms with Gasteiger partial charge in [-0.2, -0.15) is 0 Å². The molecule has 1 aliphatic rings. The highest BCUT2D eigenvalue weighted by atomic mass is 15.2. The quantitative estimate of drug-likeness (QED) is 0.521. The molecule has 0 aliphatic carbocycles. The summed E-state index contributed by atoms with van der Waals surface area (Å²) in [4.78, 5) is 2.47. The molecule has 0 amide bonds. The highest BCUT2D eigenvalue weighted by Gasteiger charge is 2.02. The maximum atomic E-state index is 3.50. The third-order valence-electron chi connectivity index (χ3n) is 2.92. The summed E-state index contributed by atoms with van der Waals surface area (Å²) in [5.74, 6) is 0. The zero-order chi connectivity index (χ0) is 12.2. The third kappa shape index (κ3) is 8.51. The molecule has 5 nitrogen and oxygen atoms in total. The maximum absolute atomic E-state index is 3.50. The van der Waals surface area contributed by atoms with Crippen LogP contribution in [0.25, 0.3) is 0 Å². The second-order valence-electron chi connectivity index (χ2n) is 4.56. The highest BCUT2D eigenvalue weighted by Crippen LogP contribution is 1.88. The normalized spacial score (nSPS) is 23.1. The maximum Gasteiger partial charge on any atom is 0.0491 e. The number of hydrogen-bond acceptors (Lipinski definition) is 5. The van der Waals surface area contributed by atoms with Crippen molar-refractivity contribution in [2.75, 3.05) is 59.2 Å². The van der Waals surface area contributed by atoms with E-state index in [9.17, 15) is 0 Å². The van der Waals surface area contributed by atoms with Gasteiger partial charge in [-0.3, -0.25) is 10.2 Å². The summed E-state index contributed by atoms with van der Waals surface area (Å²) in [7, 11) is 0. The van der Waals surface area contributed by atoms with Crippen molar-refractivity contribution in [3.8, 4) is 0 Å². The number of hydrogen-bond donors (Lipinski definition) is 4. The predicted octanol–water partition coefficient (Wildman–Crippen LogP) is -0.624. The minimum atomic E-state index is 0.898. The first-order valence-electron chi connectivity index (χ1n) is 6.98. The first-order chi connectivity index (χ1) is 8.43. The van der Waals surface area contributed by atoms with Gasteiger partial charge in [-0.05, 0) is 32.5 Å². The molecule has 0 aromatic rings. The molecule has 1 saturated heterocycles. The lowest BCUT2D eigenvalue weighted by Gasteiger charge is -2.23. The Hall–Kier alpha value is -0.200. The van der Waals surface area contributed by atoms with Gasteiger partial charge in [0, 0.05) is 39.5 Å². The Balaban J connectivity index is 2.19. The zero-order valence-corrected chi connectivity index (χ0v) is 11.2. The monoisotopic (exact) mass is 243 g/mol. The molecular formula is C12H29N5. The van der Waals surface area contributed by atoms with Gasteiger partial charge in [0.1, 0.15) is 0 Å². The smallest absolute Gasteiger partial charge is 0.0491 e. The van der Waals surface area contributed by atoms with Crippen LogP contribution in [0.15, 0.2) is 0 Å². The molecule has 0 radical (unpaired) electrons. The largest absolute Gasteiger partial charge is 0.315 e. The van der Waals surface area contributed by atoms with E-state index in [0.29, 0.717) is 0 Å². The minimum absolute atomic E-state index is 0.898. The van der Waals surface area contributed by atoms with Crippen molar-refractivity contribution < 1.29 is 0 Å². The van der Waals surface area contributed by atoms with Crippen LogP contribution in [0, 0.1) is 0 Å². The summed E-state index contributed by atoms with van der Waals surface area (Å²) in [6, 6.07) is 0. The van der Waals surface area contributed by atoms with E-state index in [0.717, 1.165) is 52.6 Å². The van der Waals surface area contributed by atoms with Gasteiger partial charge in [0.2, 0.25) is 0 Å². The van der Waals surface area contributed by atoms with Crippen molar-refractivity contribution in [3.05, 3.63) is 0 Å². The van der Waals surface area contributed by atoms with Crippen molar-refractivity contribution in [2.45, 2.75) is 19.8 Å². The molecule has 1 rings (SSSR count). The van der Waals surface area contributed by atoms with E-state index < -0.39 is 0 Å². The van der Waals surface area contributed by atoms with Gasteiger partial charge in [-0.1, -0.05) is 6.92 Å². The van der Waals surface area contributed by atoms with E-state index in [2.05, 4.69) is 33.1 Å². The van der Waals surface area contributed by atoms with Gasteiger partial charge in [0.05, 0.1) is 0 Å². The lowest BCUT2D eigenvalue weighted by molar-refractivity contribution is 0.249. The van der Waals surface area contributed by atoms with Crippen LogP contribution in [-0.2, 0) is 0 Å². The Morgan fingerprint density at radius 2 is 1.65 bits per heavy atom. The number of nitrogens with one attached hydrogen (secondary N) is 4. The van der Waals surface area contributed by atoms with E-state index in [1.54, 1.807) is 0 Å². The van der Waals surface area contributed by atoms with Gasteiger partial charge in [0.15, 0.2) is 0 Å². The van der Waals surface area contributed by atoms with E-state index in [1.807, 2.05) is 0 Å². The fourth-order valence-electron chi connectivity index (χ4n) is 1.98. The highest BCUT2D eigenvalue weighted by molar-refractivity contribution is 4.61. The lowest BCUT2D eigenvalue weighted by atomic mass is 10.4. The molecule has 102 valence electrons. The van der Waals surface area contributed by atoms with Crippen LogP contribution in [0.3, 0.4) is 0 Å². The van der Waals surface area contributed by atoms with E-state index in [-0.39, 0.29) is 0 Å². The molecule has 1 heterocycles. The Morgan fingerprint density at radius 1 is 0.882 bits per heavy atom. The molecule has 0 aromatic carbocycles. The first-order valence-corrected chi connectivity index (χ1v) is 6.98. The minimum Gasteiger partial charge on any atom is -0.315 e. The fraction of sp³-hybridized carbons (Fsp3) is 1.00. The summed E-state index contributed by atoms with van der Waals surface area (Å²) >= 11 is 0. The van der Waals surface area contributed by atoms with Crippen molar-refractivity contribution in [2.24, 2.45) is 0 Å². The molecule has 0 bridgehead atoms. The van der Waals surface area contributed by atoms with Crippen LogP contribution >= 0.6 is 0 Å². The zero-order valence-electron chi connectivity index (χ0n) is 11.2. The van der Waals surface area contributed by atoms with Crippen molar-refractivity contribution in [1.82, 2.24) is 26.2 Å². The van der Waals surface area contributed by atoms with Crippen molar-refractivity contribution >= 4 is 0 Å². The van der Waals surface area contributed by atoms with Crippen LogP contribution in [0.1, 0.15) is 19.8 Å². The average Bonchev–Trinajstić information content (AvgIpc) is 2.34. The molecule has 5 heteroatoms. The molecule has 0 saturated carbocycles. The van der Waals surface area contributed by atoms with Gasteiger partial charge in [0.25, 0.3) is 0 Å². The molecule has 17 heavy (non-hydrogen) atoms. The molecule has 1 aliphatic heterocycles. The Kier molecular flexibility index (Phi) is 9.55. The summed E-state index contributed by atoms with van der Waals surface area (Å²) < 4.78 is 0. The van der Waals surface area contributed by atoms with Gasteiger partial charge < -0.3 is 16.0 Å². The third-order valence-corrected chi connectivity index (χ3v) is 2.92. The van der Waals surface area contributed by atoms with Crippen LogP contribution in [0.5, 0.6) is 0 Å². The summed E-state index contributed by atoms with van der Waals surface area (Å²) in [5, 5.41) is 13.7. The Morgan fingerprint density at radius 3 is 2.47 bits per heavy atom. The molecule has 0 unspecified atom stereocenters. The van der Waals surface area contributed by atoms with Gasteiger partial charge >= 0.3 is 0 Å². The van der Waals surface area contributed by atoms with Crippen LogP contribution < -0.4 is 21.3 Å². The number of nitrogens with zero attached hydrogens (tertiary/aromatic N) is 1. The van der Waals surface area contributed by atoms with Gasteiger partial charge in [-0.25, -0.2) is 0 Å². The Labute approximate surface area is 106 Å². The van der Waals surface area contributed by atoms with Crippen molar-refractivity contribution in [1.29, 1.82) is 0 Å². The SMILES string of the molecule is CCCN1CCNCCCNCCNCNC1. The molecular weight excluding hydrogens is 214 g/mol. The standard InChI is InChI=1S/C12H29N5/c1-2-9-17-10-8-14-5-3-4-13-6-7-15-11-16-12-17/h13-16H,2-12H2,1H3. The van der Waals surface area contributed by atoms with Crippen molar-refractivity contribution in [3.63, 3.8) is 0 Å². The molecule has 0 atom stereocenters. The van der Waals surface area contributed by atoms with E-state index in [4.69, 9.17) is 0 Å². The Bertz CT molecular complexity index is 151.